The molecule has 1 aliphatic heterocycles. The molecule has 1 amide bonds. The summed E-state index contributed by atoms with van der Waals surface area (Å²) < 4.78 is 18.9. The molecule has 25 heavy (non-hydrogen) atoms. The van der Waals surface area contributed by atoms with Crippen LogP contribution in [0.15, 0.2) is 65.2 Å². The molecule has 0 unspecified atom stereocenters. The van der Waals surface area contributed by atoms with Crippen LogP contribution in [0.4, 0.5) is 4.39 Å². The van der Waals surface area contributed by atoms with E-state index < -0.39 is 0 Å². The summed E-state index contributed by atoms with van der Waals surface area (Å²) in [6, 6.07) is 17.5. The Labute approximate surface area is 144 Å². The van der Waals surface area contributed by atoms with Gasteiger partial charge in [-0.15, -0.1) is 0 Å². The van der Waals surface area contributed by atoms with E-state index in [0.29, 0.717) is 12.3 Å². The van der Waals surface area contributed by atoms with E-state index >= 15 is 0 Å². The van der Waals surface area contributed by atoms with E-state index in [1.165, 1.54) is 12.1 Å². The average Bonchev–Trinajstić information content (AvgIpc) is 3.32. The molecule has 126 valence electrons. The Balaban J connectivity index is 1.59. The van der Waals surface area contributed by atoms with Crippen molar-refractivity contribution >= 4 is 5.91 Å². The lowest BCUT2D eigenvalue weighted by Crippen LogP contribution is -2.30. The fraction of sp³-hybridized carbons (Fsp3) is 0.200. The van der Waals surface area contributed by atoms with Gasteiger partial charge in [0, 0.05) is 18.2 Å². The number of likely N-dealkylation sites (tertiary alicyclic amines) is 1. The first-order chi connectivity index (χ1) is 12.2. The van der Waals surface area contributed by atoms with Crippen molar-refractivity contribution in [3.8, 4) is 11.3 Å². The Morgan fingerprint density at radius 1 is 1.12 bits per heavy atom. The van der Waals surface area contributed by atoms with E-state index in [0.717, 1.165) is 24.0 Å². The Bertz CT molecular complexity index is 891. The number of aromatic nitrogens is 1. The van der Waals surface area contributed by atoms with E-state index in [9.17, 15) is 9.18 Å². The highest BCUT2D eigenvalue weighted by Crippen LogP contribution is 2.33. The van der Waals surface area contributed by atoms with E-state index in [4.69, 9.17) is 4.52 Å². The molecule has 4 nitrogen and oxygen atoms in total. The molecule has 1 saturated heterocycles. The zero-order valence-electron chi connectivity index (χ0n) is 13.6. The molecule has 1 atom stereocenters. The molecule has 2 heterocycles. The summed E-state index contributed by atoms with van der Waals surface area (Å²) in [5.41, 5.74) is 1.97. The maximum atomic E-state index is 13.5. The Hall–Kier alpha value is -2.95. The number of hydrogen-bond acceptors (Lipinski definition) is 3. The van der Waals surface area contributed by atoms with Crippen molar-refractivity contribution < 1.29 is 13.7 Å². The van der Waals surface area contributed by atoms with Gasteiger partial charge in [0.2, 0.25) is 0 Å². The molecular weight excluding hydrogens is 319 g/mol. The first-order valence-electron chi connectivity index (χ1n) is 8.31. The van der Waals surface area contributed by atoms with Gasteiger partial charge in [-0.1, -0.05) is 47.6 Å². The molecular formula is C20H17FN2O2. The monoisotopic (exact) mass is 336 g/mol. The van der Waals surface area contributed by atoms with Crippen molar-refractivity contribution in [2.45, 2.75) is 18.9 Å². The first-order valence-corrected chi connectivity index (χ1v) is 8.31. The second-order valence-electron chi connectivity index (χ2n) is 6.15. The van der Waals surface area contributed by atoms with Crippen molar-refractivity contribution in [3.63, 3.8) is 0 Å². The predicted octanol–water partition coefficient (Wildman–Crippen LogP) is 4.46. The van der Waals surface area contributed by atoms with Crippen molar-refractivity contribution in [1.82, 2.24) is 10.1 Å². The lowest BCUT2D eigenvalue weighted by molar-refractivity contribution is 0.0725. The summed E-state index contributed by atoms with van der Waals surface area (Å²) >= 11 is 0. The fourth-order valence-corrected chi connectivity index (χ4v) is 3.33. The quantitative estimate of drug-likeness (QED) is 0.709. The second-order valence-corrected chi connectivity index (χ2v) is 6.15. The smallest absolute Gasteiger partial charge is 0.276 e. The van der Waals surface area contributed by atoms with Crippen LogP contribution in [-0.2, 0) is 0 Å². The minimum Gasteiger partial charge on any atom is -0.355 e. The van der Waals surface area contributed by atoms with Crippen LogP contribution in [-0.4, -0.2) is 22.5 Å². The molecule has 0 spiro atoms. The molecule has 2 aromatic carbocycles. The molecule has 1 fully saturated rings. The SMILES string of the molecule is O=C(c1cc(-c2ccccc2)on1)N1CCC[C@H]1c1cccc(F)c1. The number of nitrogens with zero attached hydrogens (tertiary/aromatic N) is 2. The minimum atomic E-state index is -0.287. The first kappa shape index (κ1) is 15.6. The number of carbonyl (C=O) groups excluding carboxylic acids is 1. The van der Waals surface area contributed by atoms with E-state index in [1.54, 1.807) is 17.0 Å². The van der Waals surface area contributed by atoms with E-state index in [1.807, 2.05) is 36.4 Å². The molecule has 0 aliphatic carbocycles. The lowest BCUT2D eigenvalue weighted by Gasteiger charge is -2.24. The molecule has 0 saturated carbocycles. The normalized spacial score (nSPS) is 17.0. The van der Waals surface area contributed by atoms with Gasteiger partial charge in [0.25, 0.3) is 5.91 Å². The van der Waals surface area contributed by atoms with Gasteiger partial charge in [0.05, 0.1) is 6.04 Å². The van der Waals surface area contributed by atoms with Gasteiger partial charge in [-0.3, -0.25) is 4.79 Å². The van der Waals surface area contributed by atoms with Gasteiger partial charge in [-0.25, -0.2) is 4.39 Å². The van der Waals surface area contributed by atoms with Crippen molar-refractivity contribution in [2.75, 3.05) is 6.54 Å². The molecule has 4 rings (SSSR count). The summed E-state index contributed by atoms with van der Waals surface area (Å²) in [7, 11) is 0. The Morgan fingerprint density at radius 2 is 1.96 bits per heavy atom. The van der Waals surface area contributed by atoms with Gasteiger partial charge in [0.15, 0.2) is 11.5 Å². The van der Waals surface area contributed by atoms with Crippen LogP contribution in [0.3, 0.4) is 0 Å². The molecule has 0 bridgehead atoms. The maximum Gasteiger partial charge on any atom is 0.276 e. The van der Waals surface area contributed by atoms with E-state index in [-0.39, 0.29) is 23.5 Å². The van der Waals surface area contributed by atoms with Crippen LogP contribution in [0, 0.1) is 5.82 Å². The highest BCUT2D eigenvalue weighted by atomic mass is 19.1. The summed E-state index contributed by atoms with van der Waals surface area (Å²) in [5, 5.41) is 3.94. The highest BCUT2D eigenvalue weighted by molar-refractivity contribution is 5.93. The zero-order valence-corrected chi connectivity index (χ0v) is 13.6. The van der Waals surface area contributed by atoms with Crippen LogP contribution in [0.5, 0.6) is 0 Å². The maximum absolute atomic E-state index is 13.5. The van der Waals surface area contributed by atoms with Crippen LogP contribution >= 0.6 is 0 Å². The standard InChI is InChI=1S/C20H17FN2O2/c21-16-9-4-8-15(12-16)18-10-5-11-23(18)20(24)17-13-19(25-22-17)14-6-2-1-3-7-14/h1-4,6-9,12-13,18H,5,10-11H2/t18-/m0/s1. The third kappa shape index (κ3) is 3.05. The van der Waals surface area contributed by atoms with Crippen LogP contribution in [0.1, 0.15) is 34.9 Å². The van der Waals surface area contributed by atoms with Crippen LogP contribution in [0.2, 0.25) is 0 Å². The number of halogens is 1. The van der Waals surface area contributed by atoms with Crippen molar-refractivity contribution in [2.24, 2.45) is 0 Å². The van der Waals surface area contributed by atoms with Crippen molar-refractivity contribution in [1.29, 1.82) is 0 Å². The van der Waals surface area contributed by atoms with Crippen LogP contribution < -0.4 is 0 Å². The third-order valence-corrected chi connectivity index (χ3v) is 4.53. The molecule has 5 heteroatoms. The number of amides is 1. The minimum absolute atomic E-state index is 0.125. The second kappa shape index (κ2) is 6.51. The van der Waals surface area contributed by atoms with E-state index in [2.05, 4.69) is 5.16 Å². The number of rotatable bonds is 3. The van der Waals surface area contributed by atoms with Crippen LogP contribution in [0.25, 0.3) is 11.3 Å². The summed E-state index contributed by atoms with van der Waals surface area (Å²) in [6.07, 6.45) is 1.70. The topological polar surface area (TPSA) is 46.3 Å². The van der Waals surface area contributed by atoms with Gasteiger partial charge in [0.1, 0.15) is 5.82 Å². The average molecular weight is 336 g/mol. The number of hydrogen-bond donors (Lipinski definition) is 0. The highest BCUT2D eigenvalue weighted by Gasteiger charge is 2.32. The van der Waals surface area contributed by atoms with Gasteiger partial charge in [-0.05, 0) is 30.5 Å². The fourth-order valence-electron chi connectivity index (χ4n) is 3.33. The predicted molar refractivity (Wildman–Crippen MR) is 91.4 cm³/mol. The number of benzene rings is 2. The zero-order chi connectivity index (χ0) is 17.2. The summed E-state index contributed by atoms with van der Waals surface area (Å²) in [6.45, 7) is 0.632. The largest absolute Gasteiger partial charge is 0.355 e. The van der Waals surface area contributed by atoms with Crippen molar-refractivity contribution in [3.05, 3.63) is 77.7 Å². The number of carbonyl (C=O) groups is 1. The molecule has 0 N–H and O–H groups in total. The van der Waals surface area contributed by atoms with Gasteiger partial charge in [-0.2, -0.15) is 0 Å². The van der Waals surface area contributed by atoms with Gasteiger partial charge >= 0.3 is 0 Å². The summed E-state index contributed by atoms with van der Waals surface area (Å²) in [4.78, 5) is 14.6. The molecule has 3 aromatic rings. The Kier molecular flexibility index (Phi) is 4.06. The molecule has 1 aromatic heterocycles. The molecule has 1 aliphatic rings. The third-order valence-electron chi connectivity index (χ3n) is 4.53. The lowest BCUT2D eigenvalue weighted by atomic mass is 10.0. The van der Waals surface area contributed by atoms with Gasteiger partial charge < -0.3 is 9.42 Å². The summed E-state index contributed by atoms with van der Waals surface area (Å²) in [5.74, 6) is 0.0905. The Morgan fingerprint density at radius 3 is 2.76 bits per heavy atom. The molecule has 0 radical (unpaired) electrons.